The molecule has 0 radical (unpaired) electrons. The molecule has 0 spiro atoms. The lowest BCUT2D eigenvalue weighted by Gasteiger charge is -2.18. The number of ether oxygens (including phenoxy) is 2. The molecule has 9 nitrogen and oxygen atoms in total. The van der Waals surface area contributed by atoms with E-state index in [-0.39, 0.29) is 23.5 Å². The summed E-state index contributed by atoms with van der Waals surface area (Å²) in [6, 6.07) is 13.9. The molecule has 0 aliphatic heterocycles. The lowest BCUT2D eigenvalue weighted by Crippen LogP contribution is -2.26. The molecule has 3 aromatic rings. The molecule has 3 aromatic carbocycles. The monoisotopic (exact) mass is 470 g/mol. The molecule has 0 fully saturated rings. The third-order valence-corrected chi connectivity index (χ3v) is 7.11. The standard InChI is InChI=1S/C23H22N2O7S/c1-31-19-13-14(11-12-24-33(29,30)16-9-7-15(8-10-16)25(27)28)20-21(23(19)32-2)17-5-3-4-6-18(17)22(20)26/h3-10,13,22,24,26H,11-12H2,1-2H3. The van der Waals surface area contributed by atoms with E-state index in [0.29, 0.717) is 17.1 Å². The summed E-state index contributed by atoms with van der Waals surface area (Å²) in [5.41, 5.74) is 3.49. The van der Waals surface area contributed by atoms with E-state index in [0.717, 1.165) is 34.4 Å². The van der Waals surface area contributed by atoms with Gasteiger partial charge in [0, 0.05) is 29.8 Å². The van der Waals surface area contributed by atoms with Crippen LogP contribution in [0.1, 0.15) is 22.8 Å². The van der Waals surface area contributed by atoms with E-state index in [9.17, 15) is 23.6 Å². The van der Waals surface area contributed by atoms with Gasteiger partial charge in [-0.25, -0.2) is 13.1 Å². The van der Waals surface area contributed by atoms with E-state index in [4.69, 9.17) is 9.47 Å². The quantitative estimate of drug-likeness (QED) is 0.382. The van der Waals surface area contributed by atoms with Crippen molar-refractivity contribution in [1.29, 1.82) is 0 Å². The Morgan fingerprint density at radius 2 is 1.79 bits per heavy atom. The summed E-state index contributed by atoms with van der Waals surface area (Å²) in [6.45, 7) is 0.0459. The summed E-state index contributed by atoms with van der Waals surface area (Å²) in [4.78, 5) is 10.1. The fourth-order valence-corrected chi connectivity index (χ4v) is 5.15. The number of non-ortho nitro benzene ring substituents is 1. The molecule has 0 saturated heterocycles. The number of sulfonamides is 1. The third-order valence-electron chi connectivity index (χ3n) is 5.64. The van der Waals surface area contributed by atoms with Crippen molar-refractivity contribution in [3.8, 4) is 22.6 Å². The van der Waals surface area contributed by atoms with Crippen LogP contribution in [-0.2, 0) is 16.4 Å². The summed E-state index contributed by atoms with van der Waals surface area (Å²) < 4.78 is 38.9. The number of aliphatic hydroxyl groups is 1. The predicted octanol–water partition coefficient (Wildman–Crippen LogP) is 3.20. The Labute approximate surface area is 190 Å². The van der Waals surface area contributed by atoms with Crippen molar-refractivity contribution in [2.24, 2.45) is 0 Å². The maximum Gasteiger partial charge on any atom is 0.269 e. The van der Waals surface area contributed by atoms with Crippen molar-refractivity contribution in [3.63, 3.8) is 0 Å². The molecule has 0 amide bonds. The number of nitrogens with one attached hydrogen (secondary N) is 1. The average molecular weight is 471 g/mol. The molecule has 1 aliphatic rings. The largest absolute Gasteiger partial charge is 0.493 e. The molecule has 2 N–H and O–H groups in total. The second kappa shape index (κ2) is 8.81. The number of hydrogen-bond donors (Lipinski definition) is 2. The van der Waals surface area contributed by atoms with Crippen LogP contribution in [0.25, 0.3) is 11.1 Å². The Kier molecular flexibility index (Phi) is 6.07. The van der Waals surface area contributed by atoms with Crippen molar-refractivity contribution in [2.45, 2.75) is 17.4 Å². The van der Waals surface area contributed by atoms with Crippen LogP contribution in [0.3, 0.4) is 0 Å². The van der Waals surface area contributed by atoms with Gasteiger partial charge in [-0.05, 0) is 41.3 Å². The van der Waals surface area contributed by atoms with Crippen LogP contribution in [0, 0.1) is 10.1 Å². The van der Waals surface area contributed by atoms with Gasteiger partial charge >= 0.3 is 0 Å². The molecule has 1 atom stereocenters. The lowest BCUT2D eigenvalue weighted by molar-refractivity contribution is -0.384. The zero-order valence-electron chi connectivity index (χ0n) is 17.9. The Bertz CT molecular complexity index is 1320. The first-order valence-corrected chi connectivity index (χ1v) is 11.6. The van der Waals surface area contributed by atoms with Crippen molar-refractivity contribution < 1.29 is 27.9 Å². The van der Waals surface area contributed by atoms with Crippen LogP contribution in [0.5, 0.6) is 11.5 Å². The first-order valence-electron chi connectivity index (χ1n) is 10.1. The van der Waals surface area contributed by atoms with Crippen LogP contribution < -0.4 is 14.2 Å². The highest BCUT2D eigenvalue weighted by atomic mass is 32.2. The minimum absolute atomic E-state index is 0.0459. The van der Waals surface area contributed by atoms with E-state index >= 15 is 0 Å². The van der Waals surface area contributed by atoms with E-state index in [2.05, 4.69) is 4.72 Å². The molecule has 0 heterocycles. The van der Waals surface area contributed by atoms with Crippen molar-refractivity contribution >= 4 is 15.7 Å². The summed E-state index contributed by atoms with van der Waals surface area (Å²) in [5, 5.41) is 21.8. The van der Waals surface area contributed by atoms with E-state index in [1.54, 1.807) is 6.07 Å². The summed E-state index contributed by atoms with van der Waals surface area (Å²) in [6.07, 6.45) is -0.600. The number of hydrogen-bond acceptors (Lipinski definition) is 7. The number of rotatable bonds is 8. The molecule has 172 valence electrons. The molecule has 1 unspecified atom stereocenters. The smallest absolute Gasteiger partial charge is 0.269 e. The molecular formula is C23H22N2O7S. The number of nitro groups is 1. The Morgan fingerprint density at radius 1 is 1.09 bits per heavy atom. The minimum Gasteiger partial charge on any atom is -0.493 e. The molecule has 4 rings (SSSR count). The van der Waals surface area contributed by atoms with Gasteiger partial charge in [0.15, 0.2) is 11.5 Å². The van der Waals surface area contributed by atoms with Crippen molar-refractivity contribution in [3.05, 3.63) is 81.4 Å². The highest BCUT2D eigenvalue weighted by molar-refractivity contribution is 7.89. The normalized spacial score (nSPS) is 14.5. The molecule has 33 heavy (non-hydrogen) atoms. The molecule has 0 saturated carbocycles. The topological polar surface area (TPSA) is 128 Å². The number of nitrogens with zero attached hydrogens (tertiary/aromatic N) is 1. The zero-order chi connectivity index (χ0) is 23.8. The molecule has 0 aromatic heterocycles. The number of methoxy groups -OCH3 is 2. The Balaban J connectivity index is 1.63. The van der Waals surface area contributed by atoms with Crippen molar-refractivity contribution in [2.75, 3.05) is 20.8 Å². The van der Waals surface area contributed by atoms with E-state index < -0.39 is 21.1 Å². The summed E-state index contributed by atoms with van der Waals surface area (Å²) in [5.74, 6) is 0.986. The van der Waals surface area contributed by atoms with Crippen LogP contribution in [0.15, 0.2) is 59.5 Å². The molecular weight excluding hydrogens is 448 g/mol. The van der Waals surface area contributed by atoms with E-state index in [1.165, 1.54) is 26.4 Å². The maximum absolute atomic E-state index is 12.6. The molecule has 1 aliphatic carbocycles. The summed E-state index contributed by atoms with van der Waals surface area (Å²) in [7, 11) is -0.826. The van der Waals surface area contributed by atoms with Gasteiger partial charge < -0.3 is 14.6 Å². The van der Waals surface area contributed by atoms with Crippen molar-refractivity contribution in [1.82, 2.24) is 4.72 Å². The van der Waals surface area contributed by atoms with Gasteiger partial charge in [0.1, 0.15) is 6.10 Å². The first kappa shape index (κ1) is 22.7. The third kappa shape index (κ3) is 4.04. The Hall–Kier alpha value is -3.47. The van der Waals surface area contributed by atoms with Crippen LogP contribution in [0.2, 0.25) is 0 Å². The Morgan fingerprint density at radius 3 is 2.42 bits per heavy atom. The van der Waals surface area contributed by atoms with Gasteiger partial charge in [-0.3, -0.25) is 10.1 Å². The van der Waals surface area contributed by atoms with E-state index in [1.807, 2.05) is 24.3 Å². The number of nitro benzene ring substituents is 1. The number of fused-ring (bicyclic) bond motifs is 3. The zero-order valence-corrected chi connectivity index (χ0v) is 18.8. The van der Waals surface area contributed by atoms with Gasteiger partial charge in [0.2, 0.25) is 10.0 Å². The van der Waals surface area contributed by atoms with Crippen LogP contribution >= 0.6 is 0 Å². The average Bonchev–Trinajstić information content (AvgIpc) is 3.11. The van der Waals surface area contributed by atoms with Gasteiger partial charge in [-0.15, -0.1) is 0 Å². The minimum atomic E-state index is -3.87. The van der Waals surface area contributed by atoms with Crippen LogP contribution in [-0.4, -0.2) is 39.2 Å². The van der Waals surface area contributed by atoms with Gasteiger partial charge in [0.25, 0.3) is 5.69 Å². The number of aliphatic hydroxyl groups excluding tert-OH is 1. The highest BCUT2D eigenvalue weighted by Gasteiger charge is 2.34. The fourth-order valence-electron chi connectivity index (χ4n) is 4.12. The summed E-state index contributed by atoms with van der Waals surface area (Å²) >= 11 is 0. The highest BCUT2D eigenvalue weighted by Crippen LogP contribution is 2.52. The second-order valence-electron chi connectivity index (χ2n) is 7.45. The predicted molar refractivity (Wildman–Crippen MR) is 121 cm³/mol. The SMILES string of the molecule is COc1cc(CCNS(=O)(=O)c2ccc([N+](=O)[O-])cc2)c2c(c1OC)-c1ccccc1C2O. The lowest BCUT2D eigenvalue weighted by atomic mass is 9.96. The van der Waals surface area contributed by atoms with Gasteiger partial charge in [-0.1, -0.05) is 24.3 Å². The number of benzene rings is 3. The van der Waals surface area contributed by atoms with Gasteiger partial charge in [-0.2, -0.15) is 0 Å². The molecule has 0 bridgehead atoms. The second-order valence-corrected chi connectivity index (χ2v) is 9.22. The maximum atomic E-state index is 12.6. The fraction of sp³-hybridized carbons (Fsp3) is 0.217. The van der Waals surface area contributed by atoms with Gasteiger partial charge in [0.05, 0.1) is 24.0 Å². The first-order chi connectivity index (χ1) is 15.8. The van der Waals surface area contributed by atoms with Crippen LogP contribution in [0.4, 0.5) is 5.69 Å². The molecule has 10 heteroatoms.